The van der Waals surface area contributed by atoms with Crippen LogP contribution in [0.2, 0.25) is 0 Å². The maximum Gasteiger partial charge on any atom is 0.418 e. The molecule has 1 N–H and O–H groups in total. The molecule has 2 aromatic carbocycles. The van der Waals surface area contributed by atoms with E-state index < -0.39 is 23.7 Å². The molecule has 4 nitrogen and oxygen atoms in total. The molecular formula is C20H21F4N3O. The fourth-order valence-corrected chi connectivity index (χ4v) is 3.26. The van der Waals surface area contributed by atoms with E-state index in [1.165, 1.54) is 30.3 Å². The largest absolute Gasteiger partial charge is 0.418 e. The zero-order valence-electron chi connectivity index (χ0n) is 15.3. The van der Waals surface area contributed by atoms with E-state index in [-0.39, 0.29) is 11.5 Å². The molecule has 0 unspecified atom stereocenters. The van der Waals surface area contributed by atoms with Gasteiger partial charge in [0.2, 0.25) is 5.91 Å². The Morgan fingerprint density at radius 3 is 2.21 bits per heavy atom. The molecule has 150 valence electrons. The monoisotopic (exact) mass is 395 g/mol. The van der Waals surface area contributed by atoms with Crippen molar-refractivity contribution in [1.29, 1.82) is 0 Å². The van der Waals surface area contributed by atoms with Crippen molar-refractivity contribution in [1.82, 2.24) is 4.90 Å². The molecule has 0 radical (unpaired) electrons. The van der Waals surface area contributed by atoms with Gasteiger partial charge in [0.05, 0.1) is 17.3 Å². The summed E-state index contributed by atoms with van der Waals surface area (Å²) in [6.07, 6.45) is -4.53. The van der Waals surface area contributed by atoms with Gasteiger partial charge in [-0.25, -0.2) is 4.39 Å². The Labute approximate surface area is 160 Å². The van der Waals surface area contributed by atoms with E-state index in [0.29, 0.717) is 26.2 Å². The van der Waals surface area contributed by atoms with Crippen molar-refractivity contribution >= 4 is 17.3 Å². The second-order valence-corrected chi connectivity index (χ2v) is 6.71. The third-order valence-electron chi connectivity index (χ3n) is 4.92. The Morgan fingerprint density at radius 1 is 1.00 bits per heavy atom. The third-order valence-corrected chi connectivity index (χ3v) is 4.92. The number of para-hydroxylation sites is 1. The minimum Gasteiger partial charge on any atom is -0.369 e. The molecule has 0 bridgehead atoms. The van der Waals surface area contributed by atoms with E-state index >= 15 is 0 Å². The molecule has 0 saturated carbocycles. The van der Waals surface area contributed by atoms with Crippen molar-refractivity contribution in [3.8, 4) is 0 Å². The number of nitrogens with zero attached hydrogens (tertiary/aromatic N) is 2. The van der Waals surface area contributed by atoms with E-state index in [9.17, 15) is 22.4 Å². The number of halogens is 4. The summed E-state index contributed by atoms with van der Waals surface area (Å²) >= 11 is 0. The highest BCUT2D eigenvalue weighted by atomic mass is 19.4. The first-order valence-corrected chi connectivity index (χ1v) is 8.97. The Balaban J connectivity index is 1.60. The van der Waals surface area contributed by atoms with Gasteiger partial charge in [-0.2, -0.15) is 13.2 Å². The van der Waals surface area contributed by atoms with Crippen LogP contribution >= 0.6 is 0 Å². The topological polar surface area (TPSA) is 35.6 Å². The first kappa shape index (κ1) is 20.1. The summed E-state index contributed by atoms with van der Waals surface area (Å²) in [4.78, 5) is 16.5. The Hall–Kier alpha value is -2.61. The van der Waals surface area contributed by atoms with Crippen LogP contribution in [0.5, 0.6) is 0 Å². The van der Waals surface area contributed by atoms with Crippen LogP contribution in [-0.4, -0.2) is 43.0 Å². The van der Waals surface area contributed by atoms with Gasteiger partial charge in [0, 0.05) is 31.9 Å². The van der Waals surface area contributed by atoms with Gasteiger partial charge >= 0.3 is 6.18 Å². The summed E-state index contributed by atoms with van der Waals surface area (Å²) in [5, 5.41) is 2.41. The molecule has 8 heteroatoms. The molecule has 1 saturated heterocycles. The number of amides is 1. The molecule has 0 spiro atoms. The summed E-state index contributed by atoms with van der Waals surface area (Å²) in [7, 11) is 0. The van der Waals surface area contributed by atoms with E-state index in [1.807, 2.05) is 4.90 Å². The van der Waals surface area contributed by atoms with Crippen LogP contribution in [0.15, 0.2) is 48.5 Å². The maximum atomic E-state index is 13.1. The molecule has 2 aromatic rings. The number of hydrogen-bond donors (Lipinski definition) is 1. The number of piperazine rings is 1. The molecule has 28 heavy (non-hydrogen) atoms. The first-order chi connectivity index (χ1) is 13.3. The predicted octanol–water partition coefficient (Wildman–Crippen LogP) is 3.99. The average molecular weight is 395 g/mol. The summed E-state index contributed by atoms with van der Waals surface area (Å²) in [5.41, 5.74) is -0.203. The van der Waals surface area contributed by atoms with Gasteiger partial charge in [0.25, 0.3) is 0 Å². The minimum atomic E-state index is -4.53. The Morgan fingerprint density at radius 2 is 1.61 bits per heavy atom. The molecule has 1 amide bonds. The number of rotatable bonds is 4. The molecule has 0 aromatic heterocycles. The van der Waals surface area contributed by atoms with Gasteiger partial charge in [0.1, 0.15) is 5.82 Å². The fraction of sp³-hybridized carbons (Fsp3) is 0.350. The number of carbonyl (C=O) groups excluding carboxylic acids is 1. The van der Waals surface area contributed by atoms with Gasteiger partial charge in [-0.1, -0.05) is 12.1 Å². The third kappa shape index (κ3) is 4.62. The normalized spacial score (nSPS) is 16.7. The summed E-state index contributed by atoms with van der Waals surface area (Å²) in [5.74, 6) is -0.779. The van der Waals surface area contributed by atoms with Crippen molar-refractivity contribution in [2.24, 2.45) is 0 Å². The van der Waals surface area contributed by atoms with Crippen molar-refractivity contribution < 1.29 is 22.4 Å². The summed E-state index contributed by atoms with van der Waals surface area (Å²) in [6.45, 7) is 4.11. The van der Waals surface area contributed by atoms with Crippen molar-refractivity contribution in [3.05, 3.63) is 59.9 Å². The second-order valence-electron chi connectivity index (χ2n) is 6.71. The summed E-state index contributed by atoms with van der Waals surface area (Å²) in [6, 6.07) is 10.6. The van der Waals surface area contributed by atoms with E-state index in [2.05, 4.69) is 10.2 Å². The summed E-state index contributed by atoms with van der Waals surface area (Å²) < 4.78 is 52.3. The Bertz CT molecular complexity index is 815. The fourth-order valence-electron chi connectivity index (χ4n) is 3.26. The van der Waals surface area contributed by atoms with Crippen LogP contribution in [0, 0.1) is 5.82 Å². The molecule has 1 aliphatic rings. The Kier molecular flexibility index (Phi) is 5.88. The van der Waals surface area contributed by atoms with E-state index in [0.717, 1.165) is 11.8 Å². The lowest BCUT2D eigenvalue weighted by molar-refractivity contribution is -0.137. The lowest BCUT2D eigenvalue weighted by Gasteiger charge is -2.38. The average Bonchev–Trinajstić information content (AvgIpc) is 2.68. The van der Waals surface area contributed by atoms with Crippen LogP contribution < -0.4 is 10.2 Å². The first-order valence-electron chi connectivity index (χ1n) is 8.97. The lowest BCUT2D eigenvalue weighted by Crippen LogP contribution is -2.52. The number of hydrogen-bond acceptors (Lipinski definition) is 3. The molecule has 1 heterocycles. The smallest absolute Gasteiger partial charge is 0.369 e. The highest BCUT2D eigenvalue weighted by molar-refractivity contribution is 5.95. The molecule has 1 fully saturated rings. The van der Waals surface area contributed by atoms with Gasteiger partial charge in [-0.15, -0.1) is 0 Å². The second kappa shape index (κ2) is 8.18. The predicted molar refractivity (Wildman–Crippen MR) is 99.7 cm³/mol. The van der Waals surface area contributed by atoms with Crippen LogP contribution in [0.3, 0.4) is 0 Å². The highest BCUT2D eigenvalue weighted by Gasteiger charge is 2.34. The number of benzene rings is 2. The molecule has 1 aliphatic heterocycles. The highest BCUT2D eigenvalue weighted by Crippen LogP contribution is 2.34. The van der Waals surface area contributed by atoms with E-state index in [4.69, 9.17) is 0 Å². The SMILES string of the molecule is C[C@@H](C(=O)Nc1ccccc1C(F)(F)F)N1CCN(c2ccc(F)cc2)CC1. The number of anilines is 2. The van der Waals surface area contributed by atoms with Crippen LogP contribution in [0.25, 0.3) is 0 Å². The minimum absolute atomic E-state index is 0.239. The number of carbonyl (C=O) groups is 1. The van der Waals surface area contributed by atoms with Crippen LogP contribution in [0.4, 0.5) is 28.9 Å². The lowest BCUT2D eigenvalue weighted by atomic mass is 10.1. The maximum absolute atomic E-state index is 13.1. The molecule has 3 rings (SSSR count). The standard InChI is InChI=1S/C20H21F4N3O/c1-14(19(28)25-18-5-3-2-4-17(18)20(22,23)24)26-10-12-27(13-11-26)16-8-6-15(21)7-9-16/h2-9,14H,10-13H2,1H3,(H,25,28)/t14-/m0/s1. The van der Waals surface area contributed by atoms with Crippen LogP contribution in [0.1, 0.15) is 12.5 Å². The zero-order chi connectivity index (χ0) is 20.3. The van der Waals surface area contributed by atoms with Gasteiger partial charge in [-0.05, 0) is 43.3 Å². The van der Waals surface area contributed by atoms with Gasteiger partial charge in [0.15, 0.2) is 0 Å². The van der Waals surface area contributed by atoms with Crippen LogP contribution in [-0.2, 0) is 11.0 Å². The number of alkyl halides is 3. The van der Waals surface area contributed by atoms with Gasteiger partial charge < -0.3 is 10.2 Å². The van der Waals surface area contributed by atoms with Crippen molar-refractivity contribution in [2.75, 3.05) is 36.4 Å². The molecule has 1 atom stereocenters. The van der Waals surface area contributed by atoms with Crippen molar-refractivity contribution in [3.63, 3.8) is 0 Å². The van der Waals surface area contributed by atoms with Gasteiger partial charge in [-0.3, -0.25) is 9.69 Å². The molecule has 0 aliphatic carbocycles. The number of nitrogens with one attached hydrogen (secondary N) is 1. The zero-order valence-corrected chi connectivity index (χ0v) is 15.3. The van der Waals surface area contributed by atoms with E-state index in [1.54, 1.807) is 19.1 Å². The molecular weight excluding hydrogens is 374 g/mol. The van der Waals surface area contributed by atoms with Crippen molar-refractivity contribution in [2.45, 2.75) is 19.1 Å². The quantitative estimate of drug-likeness (QED) is 0.795.